The van der Waals surface area contributed by atoms with Crippen LogP contribution in [0.3, 0.4) is 0 Å². The van der Waals surface area contributed by atoms with Crippen LogP contribution in [0.5, 0.6) is 0 Å². The molecule has 2 heterocycles. The molecular weight excluding hydrogens is 380 g/mol. The zero-order chi connectivity index (χ0) is 22.2. The van der Waals surface area contributed by atoms with Crippen molar-refractivity contribution in [2.45, 2.75) is 71.8 Å². The molecule has 0 saturated carbocycles. The average molecular weight is 413 g/mol. The van der Waals surface area contributed by atoms with E-state index >= 15 is 0 Å². The van der Waals surface area contributed by atoms with Crippen LogP contribution in [-0.2, 0) is 19.2 Å². The first kappa shape index (κ1) is 22.2. The second-order valence-electron chi connectivity index (χ2n) is 9.54. The Morgan fingerprint density at radius 1 is 0.900 bits per heavy atom. The highest BCUT2D eigenvalue weighted by Crippen LogP contribution is 2.37. The van der Waals surface area contributed by atoms with Crippen LogP contribution < -0.4 is 0 Å². The molecule has 2 aliphatic heterocycles. The molecule has 1 atom stereocenters. The van der Waals surface area contributed by atoms with Gasteiger partial charge in [-0.2, -0.15) is 0 Å². The van der Waals surface area contributed by atoms with Crippen molar-refractivity contribution in [1.29, 1.82) is 0 Å². The fourth-order valence-electron chi connectivity index (χ4n) is 5.19. The van der Waals surface area contributed by atoms with E-state index < -0.39 is 5.54 Å². The van der Waals surface area contributed by atoms with E-state index in [9.17, 15) is 19.2 Å². The molecule has 0 bridgehead atoms. The lowest BCUT2D eigenvalue weighted by molar-refractivity contribution is -0.132. The molecule has 2 amide bonds. The number of benzene rings is 1. The molecule has 0 radical (unpaired) electrons. The topological polar surface area (TPSA) is 74.8 Å². The number of nitrogens with zero attached hydrogens (tertiary/aromatic N) is 2. The number of amides is 2. The largest absolute Gasteiger partial charge is 0.335 e. The third-order valence-electron chi connectivity index (χ3n) is 6.42. The predicted molar refractivity (Wildman–Crippen MR) is 114 cm³/mol. The van der Waals surface area contributed by atoms with Crippen LogP contribution in [0.15, 0.2) is 12.1 Å². The number of carbonyl (C=O) groups is 4. The molecular formula is C24H32N2O4. The Kier molecular flexibility index (Phi) is 6.16. The standard InChI is InChI=1S/C24H32N2O4/c1-15-8-16(2)23(17(3)9-15)18(6-7-25-13-19(27)10-21(25)29)12-24(4,5)26-14-20(28)11-22(26)30/h8-9,18H,6-7,10-14H2,1-5H3. The number of Topliss-reactive ketones (excluding diaryl/α,β-unsaturated/α-hetero) is 2. The molecule has 30 heavy (non-hydrogen) atoms. The van der Waals surface area contributed by atoms with Gasteiger partial charge in [0.05, 0.1) is 25.9 Å². The minimum atomic E-state index is -0.484. The Balaban J connectivity index is 1.87. The van der Waals surface area contributed by atoms with Gasteiger partial charge in [0.1, 0.15) is 0 Å². The van der Waals surface area contributed by atoms with E-state index in [2.05, 4.69) is 32.9 Å². The van der Waals surface area contributed by atoms with E-state index in [1.807, 2.05) is 13.8 Å². The van der Waals surface area contributed by atoms with Gasteiger partial charge in [-0.05, 0) is 70.1 Å². The quantitative estimate of drug-likeness (QED) is 0.646. The summed E-state index contributed by atoms with van der Waals surface area (Å²) in [7, 11) is 0. The molecule has 1 aromatic carbocycles. The summed E-state index contributed by atoms with van der Waals surface area (Å²) in [5.74, 6) is -0.168. The second kappa shape index (κ2) is 8.32. The Morgan fingerprint density at radius 2 is 1.47 bits per heavy atom. The Hall–Kier alpha value is -2.50. The third-order valence-corrected chi connectivity index (χ3v) is 6.42. The van der Waals surface area contributed by atoms with Gasteiger partial charge < -0.3 is 9.80 Å². The Morgan fingerprint density at radius 3 is 1.97 bits per heavy atom. The average Bonchev–Trinajstić information content (AvgIpc) is 3.12. The molecule has 1 aromatic rings. The van der Waals surface area contributed by atoms with Gasteiger partial charge in [-0.15, -0.1) is 0 Å². The molecule has 2 aliphatic rings. The molecule has 6 nitrogen and oxygen atoms in total. The lowest BCUT2D eigenvalue weighted by atomic mass is 9.79. The fourth-order valence-corrected chi connectivity index (χ4v) is 5.19. The summed E-state index contributed by atoms with van der Waals surface area (Å²) in [6.07, 6.45) is 1.39. The van der Waals surface area contributed by atoms with Gasteiger partial charge in [0, 0.05) is 12.1 Å². The number of likely N-dealkylation sites (tertiary alicyclic amines) is 2. The van der Waals surface area contributed by atoms with E-state index in [1.54, 1.807) is 9.80 Å². The van der Waals surface area contributed by atoms with Crippen molar-refractivity contribution >= 4 is 23.4 Å². The molecule has 2 saturated heterocycles. The second-order valence-corrected chi connectivity index (χ2v) is 9.54. The van der Waals surface area contributed by atoms with Crippen LogP contribution in [0.25, 0.3) is 0 Å². The minimum Gasteiger partial charge on any atom is -0.335 e. The predicted octanol–water partition coefficient (Wildman–Crippen LogP) is 2.86. The number of carbonyl (C=O) groups excluding carboxylic acids is 4. The van der Waals surface area contributed by atoms with Crippen molar-refractivity contribution in [3.05, 3.63) is 34.4 Å². The molecule has 2 fully saturated rings. The van der Waals surface area contributed by atoms with E-state index in [1.165, 1.54) is 22.3 Å². The number of rotatable bonds is 7. The summed E-state index contributed by atoms with van der Waals surface area (Å²) in [4.78, 5) is 51.3. The number of ketones is 2. The summed E-state index contributed by atoms with van der Waals surface area (Å²) >= 11 is 0. The third kappa shape index (κ3) is 4.63. The fraction of sp³-hybridized carbons (Fsp3) is 0.583. The molecule has 0 aliphatic carbocycles. The van der Waals surface area contributed by atoms with E-state index in [-0.39, 0.29) is 55.2 Å². The maximum absolute atomic E-state index is 12.4. The highest BCUT2D eigenvalue weighted by Gasteiger charge is 2.40. The summed E-state index contributed by atoms with van der Waals surface area (Å²) < 4.78 is 0. The Labute approximate surface area is 178 Å². The highest BCUT2D eigenvalue weighted by atomic mass is 16.2. The lowest BCUT2D eigenvalue weighted by Crippen LogP contribution is -2.46. The van der Waals surface area contributed by atoms with Crippen molar-refractivity contribution in [1.82, 2.24) is 9.80 Å². The maximum atomic E-state index is 12.4. The first-order valence-electron chi connectivity index (χ1n) is 10.7. The van der Waals surface area contributed by atoms with Gasteiger partial charge in [-0.3, -0.25) is 19.2 Å². The van der Waals surface area contributed by atoms with E-state index in [4.69, 9.17) is 0 Å². The first-order valence-corrected chi connectivity index (χ1v) is 10.7. The van der Waals surface area contributed by atoms with Gasteiger partial charge in [0.15, 0.2) is 11.6 Å². The monoisotopic (exact) mass is 412 g/mol. The van der Waals surface area contributed by atoms with Crippen molar-refractivity contribution < 1.29 is 19.2 Å². The zero-order valence-electron chi connectivity index (χ0n) is 18.7. The van der Waals surface area contributed by atoms with Gasteiger partial charge in [-0.1, -0.05) is 17.7 Å². The van der Waals surface area contributed by atoms with Crippen LogP contribution in [0.4, 0.5) is 0 Å². The summed E-state index contributed by atoms with van der Waals surface area (Å²) in [5, 5.41) is 0. The van der Waals surface area contributed by atoms with E-state index in [0.29, 0.717) is 19.4 Å². The number of aryl methyl sites for hydroxylation is 3. The van der Waals surface area contributed by atoms with E-state index in [0.717, 1.165) is 0 Å². The van der Waals surface area contributed by atoms with Crippen molar-refractivity contribution in [2.24, 2.45) is 0 Å². The highest BCUT2D eigenvalue weighted by molar-refractivity contribution is 6.06. The van der Waals surface area contributed by atoms with Crippen LogP contribution in [0.2, 0.25) is 0 Å². The van der Waals surface area contributed by atoms with Gasteiger partial charge >= 0.3 is 0 Å². The Bertz CT molecular complexity index is 879. The molecule has 6 heteroatoms. The summed E-state index contributed by atoms with van der Waals surface area (Å²) in [5.41, 5.74) is 4.35. The molecule has 162 valence electrons. The summed E-state index contributed by atoms with van der Waals surface area (Å²) in [6.45, 7) is 11.2. The zero-order valence-corrected chi connectivity index (χ0v) is 18.7. The van der Waals surface area contributed by atoms with Crippen LogP contribution in [-0.4, -0.2) is 58.4 Å². The molecule has 1 unspecified atom stereocenters. The number of hydrogen-bond donors (Lipinski definition) is 0. The van der Waals surface area contributed by atoms with Crippen molar-refractivity contribution in [3.8, 4) is 0 Å². The van der Waals surface area contributed by atoms with Gasteiger partial charge in [0.25, 0.3) is 0 Å². The molecule has 3 rings (SSSR count). The molecule has 0 N–H and O–H groups in total. The normalized spacial score (nSPS) is 18.7. The van der Waals surface area contributed by atoms with Crippen LogP contribution in [0.1, 0.15) is 67.7 Å². The lowest BCUT2D eigenvalue weighted by Gasteiger charge is -2.39. The smallest absolute Gasteiger partial charge is 0.230 e. The SMILES string of the molecule is Cc1cc(C)c(C(CCN2CC(=O)CC2=O)CC(C)(C)N2CC(=O)CC2=O)c(C)c1. The van der Waals surface area contributed by atoms with Crippen LogP contribution in [0, 0.1) is 20.8 Å². The van der Waals surface area contributed by atoms with Gasteiger partial charge in [0.2, 0.25) is 11.8 Å². The van der Waals surface area contributed by atoms with Crippen LogP contribution >= 0.6 is 0 Å². The first-order chi connectivity index (χ1) is 14.0. The van der Waals surface area contributed by atoms with Crippen molar-refractivity contribution in [2.75, 3.05) is 19.6 Å². The van der Waals surface area contributed by atoms with Crippen molar-refractivity contribution in [3.63, 3.8) is 0 Å². The molecule has 0 spiro atoms. The summed E-state index contributed by atoms with van der Waals surface area (Å²) in [6, 6.07) is 4.33. The minimum absolute atomic E-state index is 0.00311. The molecule has 0 aromatic heterocycles. The number of hydrogen-bond acceptors (Lipinski definition) is 4. The maximum Gasteiger partial charge on any atom is 0.230 e. The van der Waals surface area contributed by atoms with Gasteiger partial charge in [-0.25, -0.2) is 0 Å².